The van der Waals surface area contributed by atoms with Crippen molar-refractivity contribution in [3.63, 3.8) is 0 Å². The number of fused-ring (bicyclic) bond motifs is 5. The highest BCUT2D eigenvalue weighted by molar-refractivity contribution is 7.98. The number of hydrogen-bond acceptors (Lipinski definition) is 4. The van der Waals surface area contributed by atoms with Crippen LogP contribution in [0.15, 0.2) is 16.9 Å². The summed E-state index contributed by atoms with van der Waals surface area (Å²) in [5.74, 6) is -1.95. The van der Waals surface area contributed by atoms with Gasteiger partial charge in [0.1, 0.15) is 0 Å². The van der Waals surface area contributed by atoms with Crippen LogP contribution in [0, 0.1) is 17.8 Å². The summed E-state index contributed by atoms with van der Waals surface area (Å²) in [6, 6.07) is 3.91. The third kappa shape index (κ3) is 3.32. The first-order valence-corrected chi connectivity index (χ1v) is 11.9. The molecule has 0 aromatic carbocycles. The molecule has 8 heteroatoms. The van der Waals surface area contributed by atoms with Crippen LogP contribution in [0.5, 0.6) is 0 Å². The molecule has 29 heavy (non-hydrogen) atoms. The summed E-state index contributed by atoms with van der Waals surface area (Å²) in [6.07, 6.45) is 3.61. The van der Waals surface area contributed by atoms with E-state index in [1.165, 1.54) is 0 Å². The molecule has 2 saturated heterocycles. The Morgan fingerprint density at radius 2 is 1.93 bits per heavy atom. The second kappa shape index (κ2) is 7.08. The van der Waals surface area contributed by atoms with Crippen LogP contribution in [0.4, 0.5) is 8.78 Å². The van der Waals surface area contributed by atoms with Crippen LogP contribution < -0.4 is 5.56 Å². The van der Waals surface area contributed by atoms with Crippen molar-refractivity contribution >= 4 is 17.7 Å². The van der Waals surface area contributed by atoms with Gasteiger partial charge < -0.3 is 9.47 Å². The van der Waals surface area contributed by atoms with Crippen molar-refractivity contribution in [3.05, 3.63) is 33.7 Å². The molecule has 5 rings (SSSR count). The number of halogens is 2. The van der Waals surface area contributed by atoms with Gasteiger partial charge in [0.15, 0.2) is 0 Å². The number of hydrogen-bond donors (Lipinski definition) is 0. The van der Waals surface area contributed by atoms with E-state index in [1.54, 1.807) is 11.8 Å². The summed E-state index contributed by atoms with van der Waals surface area (Å²) in [6.45, 7) is 3.29. The number of amides is 1. The average molecular weight is 424 g/mol. The Hall–Kier alpha value is -1.41. The Balaban J connectivity index is 1.30. The van der Waals surface area contributed by atoms with Crippen LogP contribution in [-0.2, 0) is 17.9 Å². The van der Waals surface area contributed by atoms with Gasteiger partial charge in [-0.3, -0.25) is 14.5 Å². The minimum absolute atomic E-state index is 0.0201. The van der Waals surface area contributed by atoms with E-state index >= 15 is 0 Å². The fraction of sp³-hybridized carbons (Fsp3) is 0.714. The van der Waals surface area contributed by atoms with Crippen molar-refractivity contribution in [1.29, 1.82) is 0 Å². The van der Waals surface area contributed by atoms with Gasteiger partial charge in [0.25, 0.3) is 11.5 Å². The fourth-order valence-corrected chi connectivity index (χ4v) is 6.00. The summed E-state index contributed by atoms with van der Waals surface area (Å²) in [7, 11) is 0. The molecule has 0 spiro atoms. The number of piperidine rings is 2. The molecule has 1 aliphatic carbocycles. The molecule has 4 atom stereocenters. The standard InChI is InChI=1S/C21H27F2N3O2S/c1-29-5-4-19(27)25-7-13-6-15(10-25)18-3-2-14(20(28)26(18)8-13)9-24-11-16-17(12-24)21(16,22)23/h2-3,13,15-17H,4-12H2,1H3/t13-,15+,16?,17?/m0/s1. The predicted molar refractivity (Wildman–Crippen MR) is 108 cm³/mol. The SMILES string of the molecule is CSCCC(=O)N1C[C@@H]2C[C@H](C1)c1ccc(CN3CC4C(C3)C4(F)F)c(=O)n1C2. The van der Waals surface area contributed by atoms with Gasteiger partial charge in [0, 0.05) is 80.5 Å². The lowest BCUT2D eigenvalue weighted by atomic mass is 9.83. The van der Waals surface area contributed by atoms with Crippen molar-refractivity contribution in [3.8, 4) is 0 Å². The van der Waals surface area contributed by atoms with Crippen molar-refractivity contribution in [2.24, 2.45) is 17.8 Å². The molecule has 1 amide bonds. The van der Waals surface area contributed by atoms with E-state index in [9.17, 15) is 18.4 Å². The molecule has 4 aliphatic rings. The fourth-order valence-electron chi connectivity index (χ4n) is 5.62. The monoisotopic (exact) mass is 423 g/mol. The number of rotatable bonds is 5. The minimum Gasteiger partial charge on any atom is -0.342 e. The van der Waals surface area contributed by atoms with Gasteiger partial charge in [0.05, 0.1) is 0 Å². The van der Waals surface area contributed by atoms with E-state index in [0.717, 1.165) is 24.4 Å². The summed E-state index contributed by atoms with van der Waals surface area (Å²) in [4.78, 5) is 29.6. The average Bonchev–Trinajstić information content (AvgIpc) is 3.03. The van der Waals surface area contributed by atoms with Gasteiger partial charge in [-0.1, -0.05) is 6.07 Å². The van der Waals surface area contributed by atoms with Crippen molar-refractivity contribution in [2.75, 3.05) is 38.2 Å². The van der Waals surface area contributed by atoms with E-state index in [1.807, 2.05) is 32.8 Å². The summed E-state index contributed by atoms with van der Waals surface area (Å²) >= 11 is 1.68. The Morgan fingerprint density at radius 1 is 1.17 bits per heavy atom. The van der Waals surface area contributed by atoms with Gasteiger partial charge in [-0.2, -0.15) is 11.8 Å². The zero-order valence-corrected chi connectivity index (χ0v) is 17.5. The van der Waals surface area contributed by atoms with E-state index < -0.39 is 17.8 Å². The molecule has 3 fully saturated rings. The van der Waals surface area contributed by atoms with Gasteiger partial charge in [-0.25, -0.2) is 8.78 Å². The molecule has 2 bridgehead atoms. The molecule has 3 aliphatic heterocycles. The van der Waals surface area contributed by atoms with Gasteiger partial charge in [-0.05, 0) is 24.7 Å². The summed E-state index contributed by atoms with van der Waals surface area (Å²) < 4.78 is 28.7. The first-order chi connectivity index (χ1) is 13.9. The number of carbonyl (C=O) groups excluding carboxylic acids is 1. The normalized spacial score (nSPS) is 32.0. The number of carbonyl (C=O) groups is 1. The summed E-state index contributed by atoms with van der Waals surface area (Å²) in [5, 5.41) is 0. The van der Waals surface area contributed by atoms with Crippen molar-refractivity contribution in [1.82, 2.24) is 14.4 Å². The van der Waals surface area contributed by atoms with Crippen LogP contribution >= 0.6 is 11.8 Å². The first kappa shape index (κ1) is 19.5. The van der Waals surface area contributed by atoms with Crippen LogP contribution in [0.1, 0.15) is 30.0 Å². The zero-order chi connectivity index (χ0) is 20.3. The first-order valence-electron chi connectivity index (χ1n) is 10.5. The lowest BCUT2D eigenvalue weighted by Crippen LogP contribution is -2.49. The second-order valence-electron chi connectivity index (χ2n) is 9.12. The maximum Gasteiger partial charge on any atom is 0.257 e. The van der Waals surface area contributed by atoms with Gasteiger partial charge >= 0.3 is 0 Å². The van der Waals surface area contributed by atoms with Crippen LogP contribution in [0.3, 0.4) is 0 Å². The Labute approximate surface area is 173 Å². The maximum atomic E-state index is 13.4. The minimum atomic E-state index is -2.49. The van der Waals surface area contributed by atoms with E-state index in [2.05, 4.69) is 0 Å². The lowest BCUT2D eigenvalue weighted by Gasteiger charge is -2.43. The molecule has 1 aromatic rings. The second-order valence-corrected chi connectivity index (χ2v) is 10.1. The highest BCUT2D eigenvalue weighted by Gasteiger charge is 2.71. The molecule has 0 radical (unpaired) electrons. The molecule has 158 valence electrons. The highest BCUT2D eigenvalue weighted by Crippen LogP contribution is 2.59. The van der Waals surface area contributed by atoms with E-state index in [-0.39, 0.29) is 17.4 Å². The number of pyridine rings is 1. The van der Waals surface area contributed by atoms with Crippen molar-refractivity contribution < 1.29 is 13.6 Å². The lowest BCUT2D eigenvalue weighted by molar-refractivity contribution is -0.133. The number of aromatic nitrogens is 1. The van der Waals surface area contributed by atoms with E-state index in [0.29, 0.717) is 50.6 Å². The molecule has 2 unspecified atom stereocenters. The van der Waals surface area contributed by atoms with Crippen LogP contribution in [-0.4, -0.2) is 64.4 Å². The molecular weight excluding hydrogens is 396 g/mol. The Morgan fingerprint density at radius 3 is 2.66 bits per heavy atom. The smallest absolute Gasteiger partial charge is 0.257 e. The predicted octanol–water partition coefficient (Wildman–Crippen LogP) is 2.24. The van der Waals surface area contributed by atoms with Crippen LogP contribution in [0.2, 0.25) is 0 Å². The summed E-state index contributed by atoms with van der Waals surface area (Å²) in [5.41, 5.74) is 1.74. The molecular formula is C21H27F2N3O2S. The van der Waals surface area contributed by atoms with Gasteiger partial charge in [-0.15, -0.1) is 0 Å². The topological polar surface area (TPSA) is 45.6 Å². The van der Waals surface area contributed by atoms with E-state index in [4.69, 9.17) is 0 Å². The number of alkyl halides is 2. The highest BCUT2D eigenvalue weighted by atomic mass is 32.2. The molecule has 0 N–H and O–H groups in total. The number of nitrogens with zero attached hydrogens (tertiary/aromatic N) is 3. The third-order valence-electron chi connectivity index (χ3n) is 7.22. The van der Waals surface area contributed by atoms with Gasteiger partial charge in [0.2, 0.25) is 5.91 Å². The molecule has 5 nitrogen and oxygen atoms in total. The Kier molecular flexibility index (Phi) is 4.77. The quantitative estimate of drug-likeness (QED) is 0.729. The number of likely N-dealkylation sites (tertiary alicyclic amines) is 2. The Bertz CT molecular complexity index is 875. The largest absolute Gasteiger partial charge is 0.342 e. The molecule has 1 saturated carbocycles. The van der Waals surface area contributed by atoms with Crippen molar-refractivity contribution in [2.45, 2.75) is 37.8 Å². The molecule has 1 aromatic heterocycles. The maximum absolute atomic E-state index is 13.4. The number of thioether (sulfide) groups is 1. The van der Waals surface area contributed by atoms with Crippen LogP contribution in [0.25, 0.3) is 0 Å². The molecule has 4 heterocycles. The third-order valence-corrected chi connectivity index (χ3v) is 7.84. The zero-order valence-electron chi connectivity index (χ0n) is 16.7.